The minimum atomic E-state index is -1.16. The maximum absolute atomic E-state index is 13.0. The fourth-order valence-electron chi connectivity index (χ4n) is 1.58. The van der Waals surface area contributed by atoms with Crippen LogP contribution < -0.4 is 4.74 Å². The second-order valence-corrected chi connectivity index (χ2v) is 4.23. The molecule has 1 N–H and O–H groups in total. The van der Waals surface area contributed by atoms with Gasteiger partial charge in [0.1, 0.15) is 11.6 Å². The predicted molar refractivity (Wildman–Crippen MR) is 68.9 cm³/mol. The Morgan fingerprint density at radius 1 is 1.21 bits per heavy atom. The first-order chi connectivity index (χ1) is 9.08. The molecule has 0 saturated heterocycles. The summed E-state index contributed by atoms with van der Waals surface area (Å²) < 4.78 is 18.4. The summed E-state index contributed by atoms with van der Waals surface area (Å²) in [6.07, 6.45) is -1.16. The maximum atomic E-state index is 13.0. The van der Waals surface area contributed by atoms with Crippen LogP contribution in [0, 0.1) is 5.82 Å². The smallest absolute Gasteiger partial charge is 0.349 e. The van der Waals surface area contributed by atoms with Gasteiger partial charge in [-0.25, -0.2) is 9.18 Å². The second kappa shape index (κ2) is 5.71. The number of benzene rings is 2. The highest BCUT2D eigenvalue weighted by Gasteiger charge is 2.21. The quantitative estimate of drug-likeness (QED) is 0.929. The maximum Gasteiger partial charge on any atom is 0.349 e. The molecule has 0 aliphatic carbocycles. The Bertz CT molecular complexity index is 586. The molecule has 98 valence electrons. The molecule has 2 aromatic carbocycles. The van der Waals surface area contributed by atoms with Crippen molar-refractivity contribution in [3.8, 4) is 5.75 Å². The molecule has 0 amide bonds. The van der Waals surface area contributed by atoms with Gasteiger partial charge < -0.3 is 9.84 Å². The van der Waals surface area contributed by atoms with E-state index >= 15 is 0 Å². The van der Waals surface area contributed by atoms with Crippen molar-refractivity contribution in [1.82, 2.24) is 0 Å². The van der Waals surface area contributed by atoms with Crippen LogP contribution in [-0.4, -0.2) is 11.1 Å². The molecule has 0 saturated carbocycles. The van der Waals surface area contributed by atoms with Gasteiger partial charge in [0, 0.05) is 11.6 Å². The summed E-state index contributed by atoms with van der Waals surface area (Å²) in [5, 5.41) is 9.06. The first-order valence-corrected chi connectivity index (χ1v) is 5.85. The lowest BCUT2D eigenvalue weighted by molar-refractivity contribution is -0.145. The molecule has 0 heterocycles. The molecule has 0 radical (unpaired) electrons. The number of aliphatic carboxylic acids is 1. The normalized spacial score (nSPS) is 11.9. The molecule has 0 aliphatic heterocycles. The molecule has 0 spiro atoms. The molecule has 0 unspecified atom stereocenters. The van der Waals surface area contributed by atoms with Gasteiger partial charge in [-0.2, -0.15) is 0 Å². The van der Waals surface area contributed by atoms with Crippen molar-refractivity contribution in [3.05, 3.63) is 64.9 Å². The number of carbonyl (C=O) groups is 1. The van der Waals surface area contributed by atoms with Crippen LogP contribution in [-0.2, 0) is 4.79 Å². The van der Waals surface area contributed by atoms with E-state index in [-0.39, 0.29) is 10.8 Å². The van der Waals surface area contributed by atoms with Crippen molar-refractivity contribution < 1.29 is 19.0 Å². The topological polar surface area (TPSA) is 46.5 Å². The Hall–Kier alpha value is -2.07. The van der Waals surface area contributed by atoms with Gasteiger partial charge in [0.05, 0.1) is 5.02 Å². The lowest BCUT2D eigenvalue weighted by Gasteiger charge is -2.15. The van der Waals surface area contributed by atoms with Gasteiger partial charge >= 0.3 is 5.97 Å². The summed E-state index contributed by atoms with van der Waals surface area (Å²) in [7, 11) is 0. The van der Waals surface area contributed by atoms with Crippen LogP contribution >= 0.6 is 11.6 Å². The van der Waals surface area contributed by atoms with Crippen molar-refractivity contribution in [2.45, 2.75) is 6.10 Å². The number of carboxylic acids is 1. The largest absolute Gasteiger partial charge is 0.478 e. The van der Waals surface area contributed by atoms with Crippen molar-refractivity contribution in [1.29, 1.82) is 0 Å². The molecule has 0 fully saturated rings. The standard InChI is InChI=1S/C14H10ClFO3/c15-11-8-10(6-7-12(11)16)19-13(14(17)18)9-4-2-1-3-5-9/h1-8,13H,(H,17,18)/t13-/m0/s1. The van der Waals surface area contributed by atoms with E-state index in [0.29, 0.717) is 5.56 Å². The highest BCUT2D eigenvalue weighted by atomic mass is 35.5. The minimum absolute atomic E-state index is 0.116. The van der Waals surface area contributed by atoms with Crippen molar-refractivity contribution in [2.24, 2.45) is 0 Å². The Balaban J connectivity index is 2.27. The third kappa shape index (κ3) is 3.23. The molecule has 3 nitrogen and oxygen atoms in total. The fraction of sp³-hybridized carbons (Fsp3) is 0.0714. The van der Waals surface area contributed by atoms with Gasteiger partial charge in [-0.3, -0.25) is 0 Å². The summed E-state index contributed by atoms with van der Waals surface area (Å²) in [5.41, 5.74) is 0.496. The summed E-state index contributed by atoms with van der Waals surface area (Å²) in [6.45, 7) is 0. The van der Waals surface area contributed by atoms with Crippen molar-refractivity contribution in [3.63, 3.8) is 0 Å². The zero-order chi connectivity index (χ0) is 13.8. The number of ether oxygens (including phenoxy) is 1. The van der Waals surface area contributed by atoms with E-state index < -0.39 is 17.9 Å². The van der Waals surface area contributed by atoms with Gasteiger partial charge in [-0.05, 0) is 12.1 Å². The van der Waals surface area contributed by atoms with Crippen LogP contribution in [0.4, 0.5) is 4.39 Å². The summed E-state index contributed by atoms with van der Waals surface area (Å²) in [6, 6.07) is 12.2. The molecule has 0 aromatic heterocycles. The number of rotatable bonds is 4. The molecule has 0 aliphatic rings. The third-order valence-electron chi connectivity index (χ3n) is 2.47. The number of hydrogen-bond donors (Lipinski definition) is 1. The van der Waals surface area contributed by atoms with E-state index in [1.165, 1.54) is 12.1 Å². The van der Waals surface area contributed by atoms with Crippen LogP contribution in [0.3, 0.4) is 0 Å². The molecular formula is C14H10ClFO3. The van der Waals surface area contributed by atoms with Crippen LogP contribution in [0.25, 0.3) is 0 Å². The van der Waals surface area contributed by atoms with Crippen LogP contribution in [0.15, 0.2) is 48.5 Å². The lowest BCUT2D eigenvalue weighted by atomic mass is 10.1. The SMILES string of the molecule is O=C(O)[C@@H](Oc1ccc(F)c(Cl)c1)c1ccccc1. The first kappa shape index (κ1) is 13.4. The molecule has 2 rings (SSSR count). The monoisotopic (exact) mass is 280 g/mol. The molecular weight excluding hydrogens is 271 g/mol. The lowest BCUT2D eigenvalue weighted by Crippen LogP contribution is -2.18. The fourth-order valence-corrected chi connectivity index (χ4v) is 1.75. The van der Waals surface area contributed by atoms with E-state index in [1.807, 2.05) is 0 Å². The highest BCUT2D eigenvalue weighted by molar-refractivity contribution is 6.30. The van der Waals surface area contributed by atoms with Gasteiger partial charge in [0.2, 0.25) is 6.10 Å². The number of hydrogen-bond acceptors (Lipinski definition) is 2. The predicted octanol–water partition coefficient (Wildman–Crippen LogP) is 3.68. The van der Waals surface area contributed by atoms with Gasteiger partial charge in [0.15, 0.2) is 0 Å². The van der Waals surface area contributed by atoms with Crippen LogP contribution in [0.1, 0.15) is 11.7 Å². The summed E-state index contributed by atoms with van der Waals surface area (Å²) >= 11 is 5.62. The zero-order valence-corrected chi connectivity index (χ0v) is 10.5. The molecule has 0 bridgehead atoms. The average Bonchev–Trinajstić information content (AvgIpc) is 2.40. The van der Waals surface area contributed by atoms with Crippen LogP contribution in [0.2, 0.25) is 5.02 Å². The Morgan fingerprint density at radius 2 is 1.89 bits per heavy atom. The molecule has 19 heavy (non-hydrogen) atoms. The first-order valence-electron chi connectivity index (χ1n) is 5.47. The minimum Gasteiger partial charge on any atom is -0.478 e. The van der Waals surface area contributed by atoms with Gasteiger partial charge in [-0.1, -0.05) is 41.9 Å². The van der Waals surface area contributed by atoms with Crippen molar-refractivity contribution >= 4 is 17.6 Å². The van der Waals surface area contributed by atoms with E-state index in [4.69, 9.17) is 16.3 Å². The third-order valence-corrected chi connectivity index (χ3v) is 2.76. The number of carboxylic acid groups (broad SMARTS) is 1. The van der Waals surface area contributed by atoms with E-state index in [0.717, 1.165) is 6.07 Å². The molecule has 2 aromatic rings. The van der Waals surface area contributed by atoms with E-state index in [9.17, 15) is 14.3 Å². The van der Waals surface area contributed by atoms with E-state index in [2.05, 4.69) is 0 Å². The van der Waals surface area contributed by atoms with Gasteiger partial charge in [-0.15, -0.1) is 0 Å². The van der Waals surface area contributed by atoms with Crippen molar-refractivity contribution in [2.75, 3.05) is 0 Å². The Kier molecular flexibility index (Phi) is 4.02. The average molecular weight is 281 g/mol. The summed E-state index contributed by atoms with van der Waals surface area (Å²) in [4.78, 5) is 11.2. The summed E-state index contributed by atoms with van der Waals surface area (Å²) in [5.74, 6) is -1.52. The molecule has 5 heteroatoms. The van der Waals surface area contributed by atoms with Gasteiger partial charge in [0.25, 0.3) is 0 Å². The Labute approximate surface area is 114 Å². The molecule has 1 atom stereocenters. The van der Waals surface area contributed by atoms with E-state index in [1.54, 1.807) is 30.3 Å². The number of halogens is 2. The Morgan fingerprint density at radius 3 is 2.47 bits per heavy atom. The highest BCUT2D eigenvalue weighted by Crippen LogP contribution is 2.26. The second-order valence-electron chi connectivity index (χ2n) is 3.82. The van der Waals surface area contributed by atoms with Crippen LogP contribution in [0.5, 0.6) is 5.75 Å². The zero-order valence-electron chi connectivity index (χ0n) is 9.72.